The Hall–Kier alpha value is -7.56. The summed E-state index contributed by atoms with van der Waals surface area (Å²) < 4.78 is 0. The summed E-state index contributed by atoms with van der Waals surface area (Å²) in [5.41, 5.74) is 28.5. The predicted octanol–water partition coefficient (Wildman–Crippen LogP) is 17.2. The van der Waals surface area contributed by atoms with E-state index in [0.717, 1.165) is 24.9 Å². The lowest BCUT2D eigenvalue weighted by molar-refractivity contribution is 0.330. The Morgan fingerprint density at radius 2 is 0.987 bits per heavy atom. The molecule has 3 heterocycles. The highest BCUT2D eigenvalue weighted by Gasteiger charge is 2.60. The van der Waals surface area contributed by atoms with E-state index in [4.69, 9.17) is 0 Å². The summed E-state index contributed by atoms with van der Waals surface area (Å²) >= 11 is 0. The summed E-state index contributed by atoms with van der Waals surface area (Å²) in [4.78, 5) is 8.19. The molecule has 4 heteroatoms. The topological polar surface area (TPSA) is 9.72 Å². The second kappa shape index (κ2) is 17.0. The van der Waals surface area contributed by atoms with Crippen molar-refractivity contribution in [3.05, 3.63) is 222 Å². The lowest BCUT2D eigenvalue weighted by Crippen LogP contribution is -2.61. The second-order valence-electron chi connectivity index (χ2n) is 25.2. The van der Waals surface area contributed by atoms with Crippen molar-refractivity contribution in [3.63, 3.8) is 0 Å². The zero-order valence-electron chi connectivity index (χ0n) is 45.6. The van der Waals surface area contributed by atoms with Crippen molar-refractivity contribution in [1.82, 2.24) is 0 Å². The predicted molar refractivity (Wildman–Crippen MR) is 324 cm³/mol. The van der Waals surface area contributed by atoms with Crippen LogP contribution in [0, 0.1) is 0 Å². The van der Waals surface area contributed by atoms with Crippen molar-refractivity contribution < 1.29 is 0 Å². The maximum Gasteiger partial charge on any atom is 0.252 e. The van der Waals surface area contributed by atoms with Crippen molar-refractivity contribution in [1.29, 1.82) is 0 Å². The molecule has 0 bridgehead atoms. The third kappa shape index (κ3) is 7.08. The molecule has 3 aliphatic heterocycles. The summed E-state index contributed by atoms with van der Waals surface area (Å²) in [5.74, 6) is 0. The lowest BCUT2D eigenvalue weighted by atomic mass is 9.33. The molecule has 0 saturated heterocycles. The average molecular weight is 986 g/mol. The van der Waals surface area contributed by atoms with Gasteiger partial charge in [-0.05, 0) is 176 Å². The van der Waals surface area contributed by atoms with Crippen LogP contribution in [0.15, 0.2) is 194 Å². The summed E-state index contributed by atoms with van der Waals surface area (Å²) in [6, 6.07) is 75.1. The van der Waals surface area contributed by atoms with Crippen LogP contribution in [0.25, 0.3) is 33.4 Å². The van der Waals surface area contributed by atoms with Crippen molar-refractivity contribution in [2.24, 2.45) is 0 Å². The molecule has 2 atom stereocenters. The quantitative estimate of drug-likeness (QED) is 0.154. The molecule has 1 saturated carbocycles. The first-order valence-electron chi connectivity index (χ1n) is 28.1. The molecule has 0 amide bonds. The smallest absolute Gasteiger partial charge is 0.252 e. The van der Waals surface area contributed by atoms with Crippen LogP contribution in [0.5, 0.6) is 0 Å². The summed E-state index contributed by atoms with van der Waals surface area (Å²) in [5, 5.41) is 0. The first-order chi connectivity index (χ1) is 36.7. The fourth-order valence-corrected chi connectivity index (χ4v) is 14.5. The molecular formula is C72H68BN3. The van der Waals surface area contributed by atoms with E-state index in [9.17, 15) is 0 Å². The normalized spacial score (nSPS) is 19.0. The van der Waals surface area contributed by atoms with Gasteiger partial charge in [0.2, 0.25) is 0 Å². The van der Waals surface area contributed by atoms with Gasteiger partial charge in [-0.1, -0.05) is 194 Å². The minimum atomic E-state index is -0.154. The Kier molecular flexibility index (Phi) is 10.5. The van der Waals surface area contributed by atoms with Gasteiger partial charge in [0.05, 0.1) is 11.2 Å². The largest absolute Gasteiger partial charge is 0.334 e. The third-order valence-corrected chi connectivity index (χ3v) is 18.8. The Morgan fingerprint density at radius 3 is 1.66 bits per heavy atom. The number of benzene rings is 9. The first kappa shape index (κ1) is 46.9. The van der Waals surface area contributed by atoms with Crippen LogP contribution in [-0.2, 0) is 29.1 Å². The van der Waals surface area contributed by atoms with E-state index in [0.29, 0.717) is 0 Å². The van der Waals surface area contributed by atoms with Gasteiger partial charge in [-0.25, -0.2) is 0 Å². The Morgan fingerprint density at radius 1 is 0.408 bits per heavy atom. The first-order valence-corrected chi connectivity index (χ1v) is 28.1. The van der Waals surface area contributed by atoms with Gasteiger partial charge in [0.25, 0.3) is 6.71 Å². The van der Waals surface area contributed by atoms with Crippen LogP contribution in [0.1, 0.15) is 109 Å². The molecule has 0 spiro atoms. The highest BCUT2D eigenvalue weighted by Crippen LogP contribution is 2.64. The summed E-state index contributed by atoms with van der Waals surface area (Å²) in [7, 11) is 0. The van der Waals surface area contributed by atoms with Gasteiger partial charge in [0, 0.05) is 50.8 Å². The molecule has 0 radical (unpaired) electrons. The van der Waals surface area contributed by atoms with E-state index in [1.165, 1.54) is 137 Å². The molecule has 9 aromatic rings. The van der Waals surface area contributed by atoms with Gasteiger partial charge in [0.15, 0.2) is 0 Å². The standard InChI is InChI=1S/C72H68BN3/c1-69(2,3)54-32-35-62(58(43-54)49-25-16-11-17-26-49)75-65-41-52-28-18-27-51(52)40-61(65)73-60-34-31-53(48-23-14-10-15-24-48)42-64(60)74(56-30-19-29-50(39-56)47-21-12-9-13-22-47)66-45-57(46-67(75)68(66)73)76-63-36-33-55(70(4,5)6)44-59(63)71(7)37-20-38-72(71,76)8/h9-17,19,21-26,29-36,39-46H,18,20,27-28,37-38H2,1-8H3. The molecule has 14 rings (SSSR count). The van der Waals surface area contributed by atoms with Crippen LogP contribution in [-0.4, -0.2) is 12.3 Å². The highest BCUT2D eigenvalue weighted by atomic mass is 15.3. The van der Waals surface area contributed by atoms with Gasteiger partial charge < -0.3 is 14.7 Å². The SMILES string of the molecule is CC(C)(C)c1ccc(N2c3cc4c(cc3B3c5ccc(-c6ccccc6)cc5N(c5cccc(-c6ccccc6)c5)c5cc(N6c7ccc(C(C)(C)C)cc7C7(C)CCCC67C)cc2c53)CCC4)c(-c2ccccc2)c1. The zero-order valence-corrected chi connectivity index (χ0v) is 45.6. The molecule has 374 valence electrons. The Balaban J connectivity index is 1.12. The minimum absolute atomic E-state index is 0.00820. The maximum atomic E-state index is 2.82. The molecule has 3 nitrogen and oxygen atoms in total. The number of aryl methyl sites for hydroxylation is 2. The van der Waals surface area contributed by atoms with E-state index in [1.54, 1.807) is 0 Å². The van der Waals surface area contributed by atoms with Gasteiger partial charge in [0.1, 0.15) is 0 Å². The second-order valence-corrected chi connectivity index (χ2v) is 25.2. The molecule has 2 aliphatic carbocycles. The molecular weight excluding hydrogens is 918 g/mol. The van der Waals surface area contributed by atoms with Crippen LogP contribution >= 0.6 is 0 Å². The molecule has 76 heavy (non-hydrogen) atoms. The lowest BCUT2D eigenvalue weighted by Gasteiger charge is -2.47. The van der Waals surface area contributed by atoms with Crippen LogP contribution in [0.2, 0.25) is 0 Å². The van der Waals surface area contributed by atoms with E-state index >= 15 is 0 Å². The van der Waals surface area contributed by atoms with E-state index in [1.807, 2.05) is 0 Å². The average Bonchev–Trinajstić information content (AvgIpc) is 4.08. The number of fused-ring (bicyclic) bond motifs is 8. The van der Waals surface area contributed by atoms with Gasteiger partial charge in [-0.15, -0.1) is 0 Å². The monoisotopic (exact) mass is 986 g/mol. The Bertz CT molecular complexity index is 3790. The number of rotatable bonds is 6. The van der Waals surface area contributed by atoms with Crippen molar-refractivity contribution in [2.75, 3.05) is 14.7 Å². The molecule has 1 fully saturated rings. The van der Waals surface area contributed by atoms with Crippen LogP contribution in [0.4, 0.5) is 45.5 Å². The zero-order chi connectivity index (χ0) is 51.9. The summed E-state index contributed by atoms with van der Waals surface area (Å²) in [6.45, 7) is 19.3. The van der Waals surface area contributed by atoms with Crippen molar-refractivity contribution in [2.45, 2.75) is 116 Å². The van der Waals surface area contributed by atoms with Crippen molar-refractivity contribution in [3.8, 4) is 33.4 Å². The Labute approximate surface area is 452 Å². The van der Waals surface area contributed by atoms with E-state index < -0.39 is 0 Å². The van der Waals surface area contributed by atoms with Gasteiger partial charge in [-0.3, -0.25) is 0 Å². The fraction of sp³-hybridized carbons (Fsp3) is 0.250. The van der Waals surface area contributed by atoms with Gasteiger partial charge in [-0.2, -0.15) is 0 Å². The summed E-state index contributed by atoms with van der Waals surface area (Å²) in [6.07, 6.45) is 6.89. The molecule has 2 unspecified atom stereocenters. The molecule has 0 aromatic heterocycles. The molecule has 9 aromatic carbocycles. The fourth-order valence-electron chi connectivity index (χ4n) is 14.5. The number of hydrogen-bond acceptors (Lipinski definition) is 3. The van der Waals surface area contributed by atoms with E-state index in [2.05, 4.69) is 264 Å². The number of hydrogen-bond donors (Lipinski definition) is 0. The molecule has 0 N–H and O–H groups in total. The number of anilines is 8. The number of nitrogens with zero attached hydrogens (tertiary/aromatic N) is 3. The third-order valence-electron chi connectivity index (χ3n) is 18.8. The van der Waals surface area contributed by atoms with E-state index in [-0.39, 0.29) is 28.5 Å². The minimum Gasteiger partial charge on any atom is -0.334 e. The van der Waals surface area contributed by atoms with Crippen LogP contribution < -0.4 is 31.1 Å². The van der Waals surface area contributed by atoms with Crippen LogP contribution in [0.3, 0.4) is 0 Å². The van der Waals surface area contributed by atoms with Crippen molar-refractivity contribution >= 4 is 68.6 Å². The van der Waals surface area contributed by atoms with Gasteiger partial charge >= 0.3 is 0 Å². The maximum absolute atomic E-state index is 2.82. The highest BCUT2D eigenvalue weighted by molar-refractivity contribution is 7.00. The molecule has 5 aliphatic rings.